The number of hydrogen-bond donors (Lipinski definition) is 3. The molecule has 1 heterocycles. The van der Waals surface area contributed by atoms with Crippen LogP contribution in [-0.2, 0) is 6.54 Å². The number of nitrogens with two attached hydrogens (primary N) is 1. The first kappa shape index (κ1) is 15.7. The molecule has 0 aliphatic rings. The summed E-state index contributed by atoms with van der Waals surface area (Å²) in [4.78, 5) is 0. The van der Waals surface area contributed by atoms with E-state index in [-0.39, 0.29) is 5.84 Å². The van der Waals surface area contributed by atoms with Gasteiger partial charge in [-0.05, 0) is 30.3 Å². The fourth-order valence-corrected chi connectivity index (χ4v) is 2.64. The van der Waals surface area contributed by atoms with E-state index in [2.05, 4.69) is 4.57 Å². The largest absolute Gasteiger partial charge is 0.497 e. The van der Waals surface area contributed by atoms with E-state index < -0.39 is 0 Å². The third-order valence-corrected chi connectivity index (χ3v) is 3.86. The van der Waals surface area contributed by atoms with Gasteiger partial charge in [-0.3, -0.25) is 5.73 Å². The molecule has 0 fully saturated rings. The Hall–Kier alpha value is -3.15. The summed E-state index contributed by atoms with van der Waals surface area (Å²) in [6.45, 7) is 1.17. The van der Waals surface area contributed by atoms with Crippen molar-refractivity contribution < 1.29 is 19.8 Å². The number of methoxy groups -OCH3 is 1. The molecular formula is C18H20N3O3+. The number of aromatic nitrogens is 1. The molecule has 0 unspecified atom stereocenters. The molecule has 4 N–H and O–H groups in total. The normalized spacial score (nSPS) is 11.6. The van der Waals surface area contributed by atoms with Crippen molar-refractivity contribution in [3.63, 3.8) is 0 Å². The predicted octanol–water partition coefficient (Wildman–Crippen LogP) is 0.904. The van der Waals surface area contributed by atoms with Crippen LogP contribution in [0.15, 0.2) is 54.7 Å². The summed E-state index contributed by atoms with van der Waals surface area (Å²) in [6.07, 6.45) is 1.90. The molecular weight excluding hydrogens is 306 g/mol. The van der Waals surface area contributed by atoms with Crippen LogP contribution in [0, 0.1) is 0 Å². The summed E-state index contributed by atoms with van der Waals surface area (Å²) >= 11 is 0. The van der Waals surface area contributed by atoms with Gasteiger partial charge in [0.2, 0.25) is 0 Å². The van der Waals surface area contributed by atoms with E-state index >= 15 is 0 Å². The molecule has 1 aromatic heterocycles. The first-order valence-electron chi connectivity index (χ1n) is 7.60. The predicted molar refractivity (Wildman–Crippen MR) is 91.5 cm³/mol. The van der Waals surface area contributed by atoms with Crippen molar-refractivity contribution in [2.75, 3.05) is 13.7 Å². The van der Waals surface area contributed by atoms with Gasteiger partial charge in [0, 0.05) is 17.1 Å². The monoisotopic (exact) mass is 326 g/mol. The maximum absolute atomic E-state index is 9.07. The molecule has 0 saturated carbocycles. The zero-order valence-electron chi connectivity index (χ0n) is 13.4. The van der Waals surface area contributed by atoms with Crippen LogP contribution in [0.5, 0.6) is 11.5 Å². The van der Waals surface area contributed by atoms with E-state index in [1.165, 1.54) is 0 Å². The molecule has 0 bridgehead atoms. The zero-order chi connectivity index (χ0) is 16.9. The summed E-state index contributed by atoms with van der Waals surface area (Å²) in [7, 11) is 1.63. The smallest absolute Gasteiger partial charge is 0.313 e. The summed E-state index contributed by atoms with van der Waals surface area (Å²) in [6, 6.07) is 15.4. The van der Waals surface area contributed by atoms with Crippen LogP contribution in [0.4, 0.5) is 0 Å². The Morgan fingerprint density at radius 2 is 1.83 bits per heavy atom. The zero-order valence-corrected chi connectivity index (χ0v) is 13.4. The van der Waals surface area contributed by atoms with E-state index in [1.54, 1.807) is 7.11 Å². The standard InChI is InChI=1S/C18H19N3O3/c1-23-13-6-8-14(9-7-13)24-11-10-21-12-16(18(19)20-22)15-4-2-3-5-17(15)21/h2-9,12,22H,10-11H2,1H3,(H2,19,20)/p+1. The molecule has 0 amide bonds. The quantitative estimate of drug-likeness (QED) is 0.272. The highest BCUT2D eigenvalue weighted by Crippen LogP contribution is 2.21. The number of nitrogen functional groups attached to an aromatic ring is 1. The van der Waals surface area contributed by atoms with Crippen molar-refractivity contribution in [1.29, 1.82) is 0 Å². The molecule has 24 heavy (non-hydrogen) atoms. The minimum absolute atomic E-state index is 0.223. The lowest BCUT2D eigenvalue weighted by Gasteiger charge is -2.08. The number of hydrogen-bond acceptors (Lipinski definition) is 3. The molecule has 0 aliphatic heterocycles. The van der Waals surface area contributed by atoms with Crippen molar-refractivity contribution in [2.45, 2.75) is 6.54 Å². The van der Waals surface area contributed by atoms with Gasteiger partial charge in [-0.2, -0.15) is 0 Å². The van der Waals surface area contributed by atoms with Gasteiger partial charge in [0.25, 0.3) is 0 Å². The van der Waals surface area contributed by atoms with Gasteiger partial charge >= 0.3 is 5.84 Å². The number of benzene rings is 2. The number of nitrogens with zero attached hydrogens (tertiary/aromatic N) is 1. The Morgan fingerprint density at radius 1 is 1.12 bits per heavy atom. The molecule has 6 heteroatoms. The number of ether oxygens (including phenoxy) is 2. The first-order chi connectivity index (χ1) is 11.7. The molecule has 0 spiro atoms. The van der Waals surface area contributed by atoms with E-state index in [1.807, 2.05) is 59.9 Å². The molecule has 0 atom stereocenters. The lowest BCUT2D eigenvalue weighted by Crippen LogP contribution is -2.71. The lowest BCUT2D eigenvalue weighted by molar-refractivity contribution is -0.737. The van der Waals surface area contributed by atoms with Crippen molar-refractivity contribution in [2.24, 2.45) is 5.73 Å². The second-order valence-electron chi connectivity index (χ2n) is 5.30. The Morgan fingerprint density at radius 3 is 2.54 bits per heavy atom. The number of fused-ring (bicyclic) bond motifs is 1. The van der Waals surface area contributed by atoms with Crippen molar-refractivity contribution in [1.82, 2.24) is 4.57 Å². The molecule has 6 nitrogen and oxygen atoms in total. The number of amidine groups is 1. The highest BCUT2D eigenvalue weighted by atomic mass is 16.5. The Labute approximate surface area is 139 Å². The number of rotatable bonds is 6. The highest BCUT2D eigenvalue weighted by molar-refractivity contribution is 6.06. The molecule has 0 aliphatic carbocycles. The van der Waals surface area contributed by atoms with Crippen molar-refractivity contribution >= 4 is 16.7 Å². The van der Waals surface area contributed by atoms with E-state index in [4.69, 9.17) is 20.4 Å². The summed E-state index contributed by atoms with van der Waals surface area (Å²) in [5.41, 5.74) is 7.61. The van der Waals surface area contributed by atoms with Gasteiger partial charge in [0.05, 0.1) is 19.2 Å². The van der Waals surface area contributed by atoms with Crippen LogP contribution in [-0.4, -0.2) is 29.3 Å². The molecule has 2 aromatic carbocycles. The maximum atomic E-state index is 9.07. The summed E-state index contributed by atoms with van der Waals surface area (Å²) in [5.74, 6) is 1.81. The number of para-hydroxylation sites is 1. The average Bonchev–Trinajstić information content (AvgIpc) is 3.01. The van der Waals surface area contributed by atoms with Crippen LogP contribution in [0.2, 0.25) is 0 Å². The average molecular weight is 326 g/mol. The van der Waals surface area contributed by atoms with Gasteiger partial charge in [-0.15, -0.1) is 0 Å². The Kier molecular flexibility index (Phi) is 4.56. The molecule has 3 aromatic rings. The van der Waals surface area contributed by atoms with E-state index in [9.17, 15) is 0 Å². The molecule has 0 radical (unpaired) electrons. The summed E-state index contributed by atoms with van der Waals surface area (Å²) in [5, 5.41) is 12.1. The van der Waals surface area contributed by atoms with Gasteiger partial charge in [-0.25, -0.2) is 0 Å². The minimum Gasteiger partial charge on any atom is -0.497 e. The van der Waals surface area contributed by atoms with Gasteiger partial charge < -0.3 is 19.2 Å². The second-order valence-corrected chi connectivity index (χ2v) is 5.30. The fraction of sp³-hybridized carbons (Fsp3) is 0.167. The topological polar surface area (TPSA) is 83.6 Å². The SMILES string of the molecule is COc1ccc(OCCn2cc(/C(N)=[NH+]/O)c3ccccc32)cc1. The second kappa shape index (κ2) is 6.95. The van der Waals surface area contributed by atoms with Gasteiger partial charge in [0.15, 0.2) is 0 Å². The highest BCUT2D eigenvalue weighted by Gasteiger charge is 2.14. The van der Waals surface area contributed by atoms with Crippen LogP contribution < -0.4 is 20.4 Å². The minimum atomic E-state index is 0.223. The number of nitrogens with one attached hydrogen (secondary N) is 1. The van der Waals surface area contributed by atoms with Gasteiger partial charge in [-0.1, -0.05) is 23.4 Å². The van der Waals surface area contributed by atoms with Gasteiger partial charge in [0.1, 0.15) is 18.1 Å². The third kappa shape index (κ3) is 3.12. The lowest BCUT2D eigenvalue weighted by atomic mass is 10.1. The van der Waals surface area contributed by atoms with Crippen molar-refractivity contribution in [3.8, 4) is 11.5 Å². The van der Waals surface area contributed by atoms with Crippen LogP contribution in [0.1, 0.15) is 5.56 Å². The summed E-state index contributed by atoms with van der Waals surface area (Å²) < 4.78 is 13.0. The van der Waals surface area contributed by atoms with E-state index in [0.717, 1.165) is 28.0 Å². The van der Waals surface area contributed by atoms with Crippen LogP contribution in [0.3, 0.4) is 0 Å². The fourth-order valence-electron chi connectivity index (χ4n) is 2.64. The Bertz CT molecular complexity index is 854. The van der Waals surface area contributed by atoms with Crippen LogP contribution >= 0.6 is 0 Å². The third-order valence-electron chi connectivity index (χ3n) is 3.86. The molecule has 0 saturated heterocycles. The van der Waals surface area contributed by atoms with Crippen molar-refractivity contribution in [3.05, 3.63) is 60.3 Å². The molecule has 3 rings (SSSR count). The first-order valence-corrected chi connectivity index (χ1v) is 7.60. The maximum Gasteiger partial charge on any atom is 0.313 e. The Balaban J connectivity index is 1.75. The van der Waals surface area contributed by atoms with Crippen LogP contribution in [0.25, 0.3) is 10.9 Å². The molecule has 124 valence electrons. The van der Waals surface area contributed by atoms with E-state index in [0.29, 0.717) is 13.2 Å².